The van der Waals surface area contributed by atoms with E-state index in [-0.39, 0.29) is 5.78 Å². The molecular weight excluding hydrogens is 360 g/mol. The first kappa shape index (κ1) is 17.3. The summed E-state index contributed by atoms with van der Waals surface area (Å²) in [6, 6.07) is 8.90. The zero-order valence-electron chi connectivity index (χ0n) is 14.8. The number of guanidine groups is 1. The maximum absolute atomic E-state index is 12.8. The molecule has 0 bridgehead atoms. The van der Waals surface area contributed by atoms with Crippen molar-refractivity contribution >= 4 is 28.2 Å². The third-order valence-corrected chi connectivity index (χ3v) is 4.88. The van der Waals surface area contributed by atoms with Crippen LogP contribution < -0.4 is 10.6 Å². The van der Waals surface area contributed by atoms with E-state index in [1.54, 1.807) is 24.4 Å². The lowest BCUT2D eigenvalue weighted by atomic mass is 10.1. The number of carbonyl (C=O) groups excluding carboxylic acids is 1. The molecule has 0 aliphatic carbocycles. The van der Waals surface area contributed by atoms with Crippen molar-refractivity contribution in [2.75, 3.05) is 18.4 Å². The Labute approximate surface area is 160 Å². The molecule has 2 N–H and O–H groups in total. The fraction of sp³-hybridized carbons (Fsp3) is 0.211. The number of aromatic nitrogens is 3. The number of hydrogen-bond acceptors (Lipinski definition) is 8. The lowest BCUT2D eigenvalue weighted by Gasteiger charge is -2.14. The summed E-state index contributed by atoms with van der Waals surface area (Å²) in [6.45, 7) is 3.54. The van der Waals surface area contributed by atoms with E-state index in [2.05, 4.69) is 30.6 Å². The van der Waals surface area contributed by atoms with Gasteiger partial charge in [-0.15, -0.1) is 11.3 Å². The van der Waals surface area contributed by atoms with Gasteiger partial charge in [0.1, 0.15) is 11.4 Å². The van der Waals surface area contributed by atoms with E-state index in [4.69, 9.17) is 0 Å². The summed E-state index contributed by atoms with van der Waals surface area (Å²) in [5.41, 5.74) is 3.01. The average molecular weight is 378 g/mol. The van der Waals surface area contributed by atoms with Crippen LogP contribution in [0.3, 0.4) is 0 Å². The fourth-order valence-corrected chi connectivity index (χ4v) is 3.44. The Morgan fingerprint density at radius 1 is 1.19 bits per heavy atom. The Morgan fingerprint density at radius 3 is 2.93 bits per heavy atom. The number of hydrogen-bond donors (Lipinski definition) is 2. The van der Waals surface area contributed by atoms with E-state index < -0.39 is 0 Å². The largest absolute Gasteiger partial charge is 0.356 e. The van der Waals surface area contributed by atoms with E-state index in [0.717, 1.165) is 36.3 Å². The topological polar surface area (TPSA) is 92.2 Å². The van der Waals surface area contributed by atoms with E-state index in [9.17, 15) is 4.79 Å². The van der Waals surface area contributed by atoms with Gasteiger partial charge in [0.2, 0.25) is 5.78 Å². The third kappa shape index (κ3) is 3.85. The predicted octanol–water partition coefficient (Wildman–Crippen LogP) is 2.90. The molecule has 1 aliphatic heterocycles. The highest BCUT2D eigenvalue weighted by Crippen LogP contribution is 2.24. The van der Waals surface area contributed by atoms with Crippen LogP contribution in [-0.2, 0) is 0 Å². The minimum absolute atomic E-state index is 0.142. The summed E-state index contributed by atoms with van der Waals surface area (Å²) in [4.78, 5) is 30.4. The highest BCUT2D eigenvalue weighted by atomic mass is 32.1. The zero-order valence-corrected chi connectivity index (χ0v) is 15.6. The van der Waals surface area contributed by atoms with Crippen molar-refractivity contribution in [3.63, 3.8) is 0 Å². The summed E-state index contributed by atoms with van der Waals surface area (Å²) in [5, 5.41) is 9.04. The molecular formula is C19H18N6OS. The van der Waals surface area contributed by atoms with E-state index >= 15 is 0 Å². The van der Waals surface area contributed by atoms with Crippen LogP contribution in [0.15, 0.2) is 46.9 Å². The first-order valence-corrected chi connectivity index (χ1v) is 9.53. The highest BCUT2D eigenvalue weighted by Gasteiger charge is 2.15. The van der Waals surface area contributed by atoms with Crippen LogP contribution in [0.25, 0.3) is 11.4 Å². The van der Waals surface area contributed by atoms with Crippen molar-refractivity contribution in [3.05, 3.63) is 58.9 Å². The number of thiazole rings is 1. The molecule has 4 heterocycles. The van der Waals surface area contributed by atoms with Crippen LogP contribution in [0, 0.1) is 6.92 Å². The Morgan fingerprint density at radius 2 is 2.11 bits per heavy atom. The second kappa shape index (κ2) is 7.63. The standard InChI is InChI=1S/C19H18N6OS/c1-12-13(5-3-8-20-12)17(26)15-7-2-6-14(23-15)16-11-27-19(24-16)25-18-21-9-4-10-22-18/h2-3,5-8,11H,4,9-10H2,1H3,(H2,21,22,24,25). The van der Waals surface area contributed by atoms with E-state index in [1.165, 1.54) is 11.3 Å². The summed E-state index contributed by atoms with van der Waals surface area (Å²) in [7, 11) is 0. The number of nitrogens with zero attached hydrogens (tertiary/aromatic N) is 4. The highest BCUT2D eigenvalue weighted by molar-refractivity contribution is 7.14. The number of pyridine rings is 2. The number of ketones is 1. The van der Waals surface area contributed by atoms with Crippen LogP contribution in [0.5, 0.6) is 0 Å². The van der Waals surface area contributed by atoms with Crippen molar-refractivity contribution in [3.8, 4) is 11.4 Å². The lowest BCUT2D eigenvalue weighted by Crippen LogP contribution is -2.35. The number of carbonyl (C=O) groups is 1. The molecule has 136 valence electrons. The summed E-state index contributed by atoms with van der Waals surface area (Å²) in [5.74, 6) is 0.600. The number of aliphatic imine (C=N–C) groups is 1. The Kier molecular flexibility index (Phi) is 4.88. The van der Waals surface area contributed by atoms with Gasteiger partial charge in [0.15, 0.2) is 11.1 Å². The molecule has 8 heteroatoms. The van der Waals surface area contributed by atoms with Crippen molar-refractivity contribution in [2.24, 2.45) is 4.99 Å². The van der Waals surface area contributed by atoms with Crippen LogP contribution in [0.1, 0.15) is 28.2 Å². The Bertz CT molecular complexity index is 1010. The number of anilines is 1. The molecule has 0 radical (unpaired) electrons. The molecule has 0 spiro atoms. The Hall–Kier alpha value is -3.13. The van der Waals surface area contributed by atoms with Crippen molar-refractivity contribution in [1.29, 1.82) is 0 Å². The van der Waals surface area contributed by atoms with Gasteiger partial charge < -0.3 is 10.6 Å². The average Bonchev–Trinajstić information content (AvgIpc) is 3.17. The van der Waals surface area contributed by atoms with Crippen molar-refractivity contribution in [1.82, 2.24) is 20.3 Å². The van der Waals surface area contributed by atoms with Crippen LogP contribution >= 0.6 is 11.3 Å². The lowest BCUT2D eigenvalue weighted by molar-refractivity contribution is 0.103. The van der Waals surface area contributed by atoms with E-state index in [0.29, 0.717) is 22.6 Å². The van der Waals surface area contributed by atoms with Gasteiger partial charge in [0.05, 0.1) is 5.69 Å². The van der Waals surface area contributed by atoms with Gasteiger partial charge in [0, 0.05) is 35.9 Å². The maximum Gasteiger partial charge on any atom is 0.213 e. The quantitative estimate of drug-likeness (QED) is 0.678. The van der Waals surface area contributed by atoms with Gasteiger partial charge in [-0.05, 0) is 37.6 Å². The molecule has 0 atom stereocenters. The molecule has 3 aromatic rings. The maximum atomic E-state index is 12.8. The van der Waals surface area contributed by atoms with Crippen molar-refractivity contribution in [2.45, 2.75) is 13.3 Å². The fourth-order valence-electron chi connectivity index (χ4n) is 2.73. The monoisotopic (exact) mass is 378 g/mol. The van der Waals surface area contributed by atoms with E-state index in [1.807, 2.05) is 24.4 Å². The van der Waals surface area contributed by atoms with Crippen LogP contribution in [0.2, 0.25) is 0 Å². The van der Waals surface area contributed by atoms with Crippen LogP contribution in [0.4, 0.5) is 5.13 Å². The predicted molar refractivity (Wildman–Crippen MR) is 106 cm³/mol. The molecule has 4 rings (SSSR count). The smallest absolute Gasteiger partial charge is 0.213 e. The van der Waals surface area contributed by atoms with Gasteiger partial charge in [-0.25, -0.2) is 9.97 Å². The second-order valence-corrected chi connectivity index (χ2v) is 6.91. The first-order chi connectivity index (χ1) is 13.2. The number of aryl methyl sites for hydroxylation is 1. The van der Waals surface area contributed by atoms with Crippen LogP contribution in [-0.4, -0.2) is 39.8 Å². The molecule has 0 saturated heterocycles. The molecule has 3 aromatic heterocycles. The number of rotatable bonds is 4. The van der Waals surface area contributed by atoms with Gasteiger partial charge in [-0.2, -0.15) is 0 Å². The normalized spacial score (nSPS) is 13.6. The summed E-state index contributed by atoms with van der Waals surface area (Å²) < 4.78 is 0. The summed E-state index contributed by atoms with van der Waals surface area (Å²) >= 11 is 1.47. The Balaban J connectivity index is 1.57. The molecule has 0 saturated carbocycles. The minimum Gasteiger partial charge on any atom is -0.356 e. The minimum atomic E-state index is -0.142. The molecule has 0 fully saturated rings. The van der Waals surface area contributed by atoms with Gasteiger partial charge >= 0.3 is 0 Å². The molecule has 0 aromatic carbocycles. The molecule has 7 nitrogen and oxygen atoms in total. The third-order valence-electron chi connectivity index (χ3n) is 4.12. The first-order valence-electron chi connectivity index (χ1n) is 8.65. The molecule has 1 aliphatic rings. The number of nitrogens with one attached hydrogen (secondary N) is 2. The van der Waals surface area contributed by atoms with Gasteiger partial charge in [0.25, 0.3) is 0 Å². The molecule has 27 heavy (non-hydrogen) atoms. The zero-order chi connectivity index (χ0) is 18.6. The van der Waals surface area contributed by atoms with Gasteiger partial charge in [-0.1, -0.05) is 6.07 Å². The second-order valence-electron chi connectivity index (χ2n) is 6.05. The summed E-state index contributed by atoms with van der Waals surface area (Å²) in [6.07, 6.45) is 2.71. The molecule has 0 amide bonds. The van der Waals surface area contributed by atoms with Crippen molar-refractivity contribution < 1.29 is 4.79 Å². The van der Waals surface area contributed by atoms with Gasteiger partial charge in [-0.3, -0.25) is 14.8 Å². The molecule has 0 unspecified atom stereocenters. The SMILES string of the molecule is Cc1ncccc1C(=O)c1cccc(-c2csc(NC3=NCCCN3)n2)n1.